The summed E-state index contributed by atoms with van der Waals surface area (Å²) in [6.07, 6.45) is 4.90. The van der Waals surface area contributed by atoms with Crippen LogP contribution in [0, 0.1) is 13.8 Å². The molecule has 0 amide bonds. The van der Waals surface area contributed by atoms with Crippen LogP contribution in [0.5, 0.6) is 0 Å². The molecule has 1 atom stereocenters. The molecule has 1 aliphatic heterocycles. The number of aliphatic hydroxyl groups excluding tert-OH is 1. The summed E-state index contributed by atoms with van der Waals surface area (Å²) < 4.78 is 0. The number of hydrogen-bond acceptors (Lipinski definition) is 2. The number of aryl methyl sites for hydroxylation is 2. The Hall–Kier alpha value is -0.860. The fourth-order valence-electron chi connectivity index (χ4n) is 2.78. The number of benzene rings is 1. The highest BCUT2D eigenvalue weighted by molar-refractivity contribution is 5.32. The van der Waals surface area contributed by atoms with E-state index >= 15 is 0 Å². The summed E-state index contributed by atoms with van der Waals surface area (Å²) in [5.41, 5.74) is 3.52. The van der Waals surface area contributed by atoms with Crippen LogP contribution in [0.2, 0.25) is 0 Å². The molecule has 2 heteroatoms. The van der Waals surface area contributed by atoms with E-state index in [1.54, 1.807) is 0 Å². The van der Waals surface area contributed by atoms with Gasteiger partial charge in [-0.05, 0) is 50.9 Å². The first-order valence-corrected chi connectivity index (χ1v) is 7.14. The fourth-order valence-corrected chi connectivity index (χ4v) is 2.78. The molecule has 1 aliphatic rings. The lowest BCUT2D eigenvalue weighted by molar-refractivity contribution is 0.114. The molecule has 2 rings (SSSR count). The van der Waals surface area contributed by atoms with E-state index in [1.807, 2.05) is 0 Å². The van der Waals surface area contributed by atoms with Crippen molar-refractivity contribution in [3.63, 3.8) is 0 Å². The molecular weight excluding hydrogens is 222 g/mol. The number of nitrogens with zero attached hydrogens (tertiary/aromatic N) is 1. The van der Waals surface area contributed by atoms with Gasteiger partial charge in [0.1, 0.15) is 0 Å². The molecule has 1 aromatic carbocycles. The molecule has 1 heterocycles. The van der Waals surface area contributed by atoms with E-state index in [0.717, 1.165) is 25.2 Å². The van der Waals surface area contributed by atoms with Gasteiger partial charge in [-0.25, -0.2) is 0 Å². The van der Waals surface area contributed by atoms with Crippen LogP contribution in [-0.2, 0) is 0 Å². The van der Waals surface area contributed by atoms with Gasteiger partial charge >= 0.3 is 0 Å². The third kappa shape index (κ3) is 3.56. The zero-order chi connectivity index (χ0) is 13.0. The molecule has 1 fully saturated rings. The first-order valence-electron chi connectivity index (χ1n) is 7.14. The molecule has 0 saturated carbocycles. The number of β-amino-alcohol motifs (C(OH)–C–C–N with tert-alkyl or cyclic N) is 1. The SMILES string of the molecule is Cc1ccc(C)c(C(O)CN2CCCCCC2)c1. The normalized spacial score (nSPS) is 19.5. The number of rotatable bonds is 3. The largest absolute Gasteiger partial charge is 0.387 e. The highest BCUT2D eigenvalue weighted by Crippen LogP contribution is 2.21. The van der Waals surface area contributed by atoms with Gasteiger partial charge in [0, 0.05) is 6.54 Å². The highest BCUT2D eigenvalue weighted by Gasteiger charge is 2.16. The van der Waals surface area contributed by atoms with Crippen LogP contribution < -0.4 is 0 Å². The Kier molecular flexibility index (Phi) is 4.79. The van der Waals surface area contributed by atoms with Crippen molar-refractivity contribution in [2.45, 2.75) is 45.6 Å². The van der Waals surface area contributed by atoms with E-state index in [1.165, 1.54) is 36.8 Å². The van der Waals surface area contributed by atoms with Gasteiger partial charge in [0.05, 0.1) is 6.10 Å². The third-order valence-electron chi connectivity index (χ3n) is 3.92. The molecule has 1 saturated heterocycles. The Bertz CT molecular complexity index is 381. The van der Waals surface area contributed by atoms with Crippen LogP contribution in [0.15, 0.2) is 18.2 Å². The minimum absolute atomic E-state index is 0.344. The van der Waals surface area contributed by atoms with Gasteiger partial charge in [0.15, 0.2) is 0 Å². The lowest BCUT2D eigenvalue weighted by Crippen LogP contribution is -2.29. The maximum atomic E-state index is 10.4. The van der Waals surface area contributed by atoms with Crippen LogP contribution in [0.4, 0.5) is 0 Å². The third-order valence-corrected chi connectivity index (χ3v) is 3.92. The van der Waals surface area contributed by atoms with Crippen molar-refractivity contribution >= 4 is 0 Å². The van der Waals surface area contributed by atoms with Crippen molar-refractivity contribution in [2.24, 2.45) is 0 Å². The summed E-state index contributed by atoms with van der Waals surface area (Å²) in [4.78, 5) is 2.42. The second-order valence-electron chi connectivity index (χ2n) is 5.59. The first-order chi connectivity index (χ1) is 8.66. The van der Waals surface area contributed by atoms with Crippen LogP contribution in [0.3, 0.4) is 0 Å². The zero-order valence-corrected chi connectivity index (χ0v) is 11.7. The van der Waals surface area contributed by atoms with Gasteiger partial charge < -0.3 is 10.0 Å². The van der Waals surface area contributed by atoms with Crippen LogP contribution in [0.25, 0.3) is 0 Å². The van der Waals surface area contributed by atoms with E-state index < -0.39 is 0 Å². The van der Waals surface area contributed by atoms with Gasteiger partial charge in [0.25, 0.3) is 0 Å². The second-order valence-corrected chi connectivity index (χ2v) is 5.59. The van der Waals surface area contributed by atoms with Crippen molar-refractivity contribution in [2.75, 3.05) is 19.6 Å². The molecule has 18 heavy (non-hydrogen) atoms. The van der Waals surface area contributed by atoms with Crippen LogP contribution in [0.1, 0.15) is 48.5 Å². The summed E-state index contributed by atoms with van der Waals surface area (Å²) in [5, 5.41) is 10.4. The fraction of sp³-hybridized carbons (Fsp3) is 0.625. The predicted molar refractivity (Wildman–Crippen MR) is 75.8 cm³/mol. The van der Waals surface area contributed by atoms with E-state index in [2.05, 4.69) is 36.9 Å². The van der Waals surface area contributed by atoms with Gasteiger partial charge in [-0.2, -0.15) is 0 Å². The monoisotopic (exact) mass is 247 g/mol. The van der Waals surface area contributed by atoms with Gasteiger partial charge in [-0.15, -0.1) is 0 Å². The highest BCUT2D eigenvalue weighted by atomic mass is 16.3. The summed E-state index contributed by atoms with van der Waals surface area (Å²) in [6, 6.07) is 6.34. The Balaban J connectivity index is 2.01. The Morgan fingerprint density at radius 1 is 1.11 bits per heavy atom. The van der Waals surface area contributed by atoms with Gasteiger partial charge in [0.2, 0.25) is 0 Å². The predicted octanol–water partition coefficient (Wildman–Crippen LogP) is 3.21. The van der Waals surface area contributed by atoms with Crippen molar-refractivity contribution in [3.8, 4) is 0 Å². The summed E-state index contributed by atoms with van der Waals surface area (Å²) >= 11 is 0. The zero-order valence-electron chi connectivity index (χ0n) is 11.7. The number of hydrogen-bond donors (Lipinski definition) is 1. The lowest BCUT2D eigenvalue weighted by atomic mass is 10.0. The topological polar surface area (TPSA) is 23.5 Å². The average Bonchev–Trinajstić information content (AvgIpc) is 2.61. The number of likely N-dealkylation sites (tertiary alicyclic amines) is 1. The van der Waals surface area contributed by atoms with E-state index in [-0.39, 0.29) is 6.10 Å². The molecule has 0 aliphatic carbocycles. The van der Waals surface area contributed by atoms with Crippen molar-refractivity contribution in [3.05, 3.63) is 34.9 Å². The van der Waals surface area contributed by atoms with Gasteiger partial charge in [-0.1, -0.05) is 36.6 Å². The summed E-state index contributed by atoms with van der Waals surface area (Å²) in [5.74, 6) is 0. The maximum Gasteiger partial charge on any atom is 0.0919 e. The Labute approximate surface area is 111 Å². The van der Waals surface area contributed by atoms with E-state index in [4.69, 9.17) is 0 Å². The molecular formula is C16H25NO. The molecule has 100 valence electrons. The second kappa shape index (κ2) is 6.35. The standard InChI is InChI=1S/C16H25NO/c1-13-7-8-14(2)15(11-13)16(18)12-17-9-5-3-4-6-10-17/h7-8,11,16,18H,3-6,9-10,12H2,1-2H3. The Morgan fingerprint density at radius 2 is 1.78 bits per heavy atom. The van der Waals surface area contributed by atoms with Crippen LogP contribution >= 0.6 is 0 Å². The smallest absolute Gasteiger partial charge is 0.0919 e. The average molecular weight is 247 g/mol. The maximum absolute atomic E-state index is 10.4. The minimum atomic E-state index is -0.344. The van der Waals surface area contributed by atoms with Crippen molar-refractivity contribution in [1.29, 1.82) is 0 Å². The lowest BCUT2D eigenvalue weighted by Gasteiger charge is -2.24. The van der Waals surface area contributed by atoms with Crippen molar-refractivity contribution in [1.82, 2.24) is 4.90 Å². The van der Waals surface area contributed by atoms with E-state index in [0.29, 0.717) is 0 Å². The Morgan fingerprint density at radius 3 is 2.44 bits per heavy atom. The summed E-state index contributed by atoms with van der Waals surface area (Å²) in [7, 11) is 0. The molecule has 2 nitrogen and oxygen atoms in total. The van der Waals surface area contributed by atoms with Crippen molar-refractivity contribution < 1.29 is 5.11 Å². The molecule has 1 aromatic rings. The molecule has 1 N–H and O–H groups in total. The first kappa shape index (κ1) is 13.6. The molecule has 0 bridgehead atoms. The molecule has 0 spiro atoms. The molecule has 0 aromatic heterocycles. The molecule has 1 unspecified atom stereocenters. The quantitative estimate of drug-likeness (QED) is 0.886. The summed E-state index contributed by atoms with van der Waals surface area (Å²) in [6.45, 7) is 7.23. The van der Waals surface area contributed by atoms with E-state index in [9.17, 15) is 5.11 Å². The molecule has 0 radical (unpaired) electrons. The van der Waals surface area contributed by atoms with Crippen LogP contribution in [-0.4, -0.2) is 29.6 Å². The number of aliphatic hydroxyl groups is 1. The van der Waals surface area contributed by atoms with Gasteiger partial charge in [-0.3, -0.25) is 0 Å². The minimum Gasteiger partial charge on any atom is -0.387 e.